The van der Waals surface area contributed by atoms with E-state index in [9.17, 15) is 0 Å². The Kier molecular flexibility index (Phi) is 4.17. The molecule has 18 heavy (non-hydrogen) atoms. The second kappa shape index (κ2) is 5.65. The third-order valence-corrected chi connectivity index (χ3v) is 3.95. The van der Waals surface area contributed by atoms with E-state index < -0.39 is 0 Å². The van der Waals surface area contributed by atoms with Crippen LogP contribution < -0.4 is 5.32 Å². The number of nitrogens with one attached hydrogen (secondary N) is 1. The Morgan fingerprint density at radius 1 is 1.28 bits per heavy atom. The number of anilines is 1. The molecular formula is C14H21N3S. The molecule has 0 unspecified atom stereocenters. The Labute approximate surface area is 113 Å². The number of thiophene rings is 1. The average molecular weight is 263 g/mol. The maximum atomic E-state index is 4.69. The highest BCUT2D eigenvalue weighted by Crippen LogP contribution is 2.29. The molecule has 0 atom stereocenters. The van der Waals surface area contributed by atoms with Crippen LogP contribution in [0.2, 0.25) is 0 Å². The van der Waals surface area contributed by atoms with Crippen LogP contribution in [-0.2, 0) is 12.8 Å². The van der Waals surface area contributed by atoms with Gasteiger partial charge < -0.3 is 5.32 Å². The van der Waals surface area contributed by atoms with Crippen molar-refractivity contribution in [3.8, 4) is 0 Å². The molecule has 2 heterocycles. The van der Waals surface area contributed by atoms with Gasteiger partial charge in [-0.15, -0.1) is 11.3 Å². The standard InChI is InChI=1S/C14H21N3S/c1-5-10-8-11-13(15-6-2)16-12(7-9(3)4)17-14(11)18-10/h8-9H,5-7H2,1-4H3,(H,15,16,17). The predicted octanol–water partition coefficient (Wildman–Crippen LogP) is 3.88. The Morgan fingerprint density at radius 2 is 2.06 bits per heavy atom. The van der Waals surface area contributed by atoms with Gasteiger partial charge in [0.25, 0.3) is 0 Å². The van der Waals surface area contributed by atoms with E-state index >= 15 is 0 Å². The van der Waals surface area contributed by atoms with Gasteiger partial charge in [0.1, 0.15) is 16.5 Å². The molecule has 0 aliphatic rings. The minimum atomic E-state index is 0.586. The monoisotopic (exact) mass is 263 g/mol. The third-order valence-electron chi connectivity index (χ3n) is 2.77. The summed E-state index contributed by atoms with van der Waals surface area (Å²) >= 11 is 1.79. The summed E-state index contributed by atoms with van der Waals surface area (Å²) < 4.78 is 0. The molecule has 2 aromatic rings. The lowest BCUT2D eigenvalue weighted by Crippen LogP contribution is -2.06. The molecule has 1 N–H and O–H groups in total. The third kappa shape index (κ3) is 2.80. The molecule has 0 aliphatic heterocycles. The molecule has 3 nitrogen and oxygen atoms in total. The van der Waals surface area contributed by atoms with Crippen molar-refractivity contribution in [3.63, 3.8) is 0 Å². The zero-order chi connectivity index (χ0) is 13.1. The highest BCUT2D eigenvalue weighted by Gasteiger charge is 2.11. The summed E-state index contributed by atoms with van der Waals surface area (Å²) in [4.78, 5) is 11.9. The van der Waals surface area contributed by atoms with E-state index in [2.05, 4.69) is 44.1 Å². The number of aromatic nitrogens is 2. The van der Waals surface area contributed by atoms with Crippen molar-refractivity contribution in [1.29, 1.82) is 0 Å². The van der Waals surface area contributed by atoms with Crippen molar-refractivity contribution < 1.29 is 0 Å². The van der Waals surface area contributed by atoms with Crippen LogP contribution >= 0.6 is 11.3 Å². The molecule has 2 aromatic heterocycles. The molecule has 0 spiro atoms. The molecule has 4 heteroatoms. The van der Waals surface area contributed by atoms with Crippen molar-refractivity contribution >= 4 is 27.4 Å². The predicted molar refractivity (Wildman–Crippen MR) is 79.5 cm³/mol. The number of nitrogens with zero attached hydrogens (tertiary/aromatic N) is 2. The number of fused-ring (bicyclic) bond motifs is 1. The summed E-state index contributed by atoms with van der Waals surface area (Å²) in [7, 11) is 0. The van der Waals surface area contributed by atoms with Crippen LogP contribution in [0.5, 0.6) is 0 Å². The van der Waals surface area contributed by atoms with Crippen LogP contribution in [0, 0.1) is 5.92 Å². The smallest absolute Gasteiger partial charge is 0.138 e. The molecule has 0 fully saturated rings. The van der Waals surface area contributed by atoms with E-state index in [1.165, 1.54) is 10.3 Å². The second-order valence-corrected chi connectivity index (χ2v) is 6.02. The number of hydrogen-bond donors (Lipinski definition) is 1. The maximum Gasteiger partial charge on any atom is 0.138 e. The Balaban J connectivity index is 2.49. The first-order valence-corrected chi connectivity index (χ1v) is 7.48. The van der Waals surface area contributed by atoms with E-state index in [1.54, 1.807) is 11.3 Å². The van der Waals surface area contributed by atoms with E-state index in [0.29, 0.717) is 5.92 Å². The quantitative estimate of drug-likeness (QED) is 0.889. The normalized spacial score (nSPS) is 11.4. The fourth-order valence-corrected chi connectivity index (χ4v) is 2.93. The fourth-order valence-electron chi connectivity index (χ4n) is 1.95. The first-order chi connectivity index (χ1) is 8.63. The van der Waals surface area contributed by atoms with Crippen LogP contribution in [0.1, 0.15) is 38.4 Å². The van der Waals surface area contributed by atoms with E-state index in [1.807, 2.05) is 0 Å². The molecule has 0 saturated heterocycles. The molecule has 2 rings (SSSR count). The number of aryl methyl sites for hydroxylation is 1. The van der Waals surface area contributed by atoms with Gasteiger partial charge in [-0.2, -0.15) is 0 Å². The van der Waals surface area contributed by atoms with Crippen LogP contribution in [0.15, 0.2) is 6.07 Å². The van der Waals surface area contributed by atoms with E-state index in [4.69, 9.17) is 4.98 Å². The fraction of sp³-hybridized carbons (Fsp3) is 0.571. The van der Waals surface area contributed by atoms with Gasteiger partial charge in [-0.3, -0.25) is 0 Å². The van der Waals surface area contributed by atoms with E-state index in [-0.39, 0.29) is 0 Å². The van der Waals surface area contributed by atoms with Gasteiger partial charge in [0, 0.05) is 17.8 Å². The van der Waals surface area contributed by atoms with Crippen molar-refractivity contribution in [2.75, 3.05) is 11.9 Å². The lowest BCUT2D eigenvalue weighted by molar-refractivity contribution is 0.623. The highest BCUT2D eigenvalue weighted by molar-refractivity contribution is 7.18. The first kappa shape index (κ1) is 13.3. The minimum Gasteiger partial charge on any atom is -0.370 e. The lowest BCUT2D eigenvalue weighted by atomic mass is 10.1. The zero-order valence-corrected chi connectivity index (χ0v) is 12.4. The number of hydrogen-bond acceptors (Lipinski definition) is 4. The largest absolute Gasteiger partial charge is 0.370 e. The van der Waals surface area contributed by atoms with Gasteiger partial charge in [-0.05, 0) is 25.3 Å². The topological polar surface area (TPSA) is 37.8 Å². The van der Waals surface area contributed by atoms with Gasteiger partial charge in [-0.25, -0.2) is 9.97 Å². The van der Waals surface area contributed by atoms with E-state index in [0.717, 1.165) is 35.9 Å². The molecule has 98 valence electrons. The van der Waals surface area contributed by atoms with Crippen LogP contribution in [0.25, 0.3) is 10.2 Å². The SMILES string of the molecule is CCNc1nc(CC(C)C)nc2sc(CC)cc12. The Morgan fingerprint density at radius 3 is 2.67 bits per heavy atom. The maximum absolute atomic E-state index is 4.69. The summed E-state index contributed by atoms with van der Waals surface area (Å²) in [5.74, 6) is 2.54. The molecule has 0 aliphatic carbocycles. The molecule has 0 amide bonds. The van der Waals surface area contributed by atoms with Gasteiger partial charge in [0.15, 0.2) is 0 Å². The summed E-state index contributed by atoms with van der Waals surface area (Å²) in [6.07, 6.45) is 2.00. The Hall–Kier alpha value is -1.16. The summed E-state index contributed by atoms with van der Waals surface area (Å²) in [5.41, 5.74) is 0. The zero-order valence-electron chi connectivity index (χ0n) is 11.6. The van der Waals surface area contributed by atoms with Crippen molar-refractivity contribution in [1.82, 2.24) is 9.97 Å². The lowest BCUT2D eigenvalue weighted by Gasteiger charge is -2.08. The molecule has 0 aromatic carbocycles. The van der Waals surface area contributed by atoms with Gasteiger partial charge in [0.05, 0.1) is 5.39 Å². The average Bonchev–Trinajstić information content (AvgIpc) is 2.71. The van der Waals surface area contributed by atoms with Crippen LogP contribution in [0.4, 0.5) is 5.82 Å². The molecular weight excluding hydrogens is 242 g/mol. The van der Waals surface area contributed by atoms with Crippen molar-refractivity contribution in [2.24, 2.45) is 5.92 Å². The number of rotatable bonds is 5. The van der Waals surface area contributed by atoms with Crippen molar-refractivity contribution in [3.05, 3.63) is 16.8 Å². The van der Waals surface area contributed by atoms with Gasteiger partial charge in [-0.1, -0.05) is 20.8 Å². The van der Waals surface area contributed by atoms with Gasteiger partial charge >= 0.3 is 0 Å². The second-order valence-electron chi connectivity index (χ2n) is 4.90. The highest BCUT2D eigenvalue weighted by atomic mass is 32.1. The molecule has 0 bridgehead atoms. The van der Waals surface area contributed by atoms with Gasteiger partial charge in [0.2, 0.25) is 0 Å². The Bertz CT molecular complexity index is 531. The summed E-state index contributed by atoms with van der Waals surface area (Å²) in [6, 6.07) is 2.22. The van der Waals surface area contributed by atoms with Crippen molar-refractivity contribution in [2.45, 2.75) is 40.5 Å². The first-order valence-electron chi connectivity index (χ1n) is 6.67. The molecule has 0 saturated carbocycles. The summed E-state index contributed by atoms with van der Waals surface area (Å²) in [5, 5.41) is 4.53. The molecule has 0 radical (unpaired) electrons. The van der Waals surface area contributed by atoms with Crippen LogP contribution in [0.3, 0.4) is 0 Å². The summed E-state index contributed by atoms with van der Waals surface area (Å²) in [6.45, 7) is 9.58. The minimum absolute atomic E-state index is 0.586. The van der Waals surface area contributed by atoms with Crippen LogP contribution in [-0.4, -0.2) is 16.5 Å².